The Bertz CT molecular complexity index is 917. The fraction of sp³-hybridized carbons (Fsp3) is 0.421. The molecule has 2 aromatic rings. The Hall–Kier alpha value is -3.43. The van der Waals surface area contributed by atoms with Crippen LogP contribution in [0.1, 0.15) is 32.4 Å². The van der Waals surface area contributed by atoms with E-state index >= 15 is 0 Å². The summed E-state index contributed by atoms with van der Waals surface area (Å²) in [7, 11) is 1.33. The van der Waals surface area contributed by atoms with Crippen LogP contribution in [-0.2, 0) is 14.3 Å². The van der Waals surface area contributed by atoms with Crippen LogP contribution >= 0.6 is 0 Å². The highest BCUT2D eigenvalue weighted by molar-refractivity contribution is 5.92. The van der Waals surface area contributed by atoms with Crippen LogP contribution in [0.5, 0.6) is 5.75 Å². The van der Waals surface area contributed by atoms with Crippen molar-refractivity contribution in [2.24, 2.45) is 0 Å². The lowest BCUT2D eigenvalue weighted by atomic mass is 9.96. The van der Waals surface area contributed by atoms with Crippen molar-refractivity contribution in [3.63, 3.8) is 0 Å². The van der Waals surface area contributed by atoms with Gasteiger partial charge in [-0.25, -0.2) is 4.79 Å². The number of rotatable bonds is 7. The van der Waals surface area contributed by atoms with E-state index in [1.165, 1.54) is 11.8 Å². The molecule has 154 valence electrons. The van der Waals surface area contributed by atoms with Crippen LogP contribution < -0.4 is 10.1 Å². The van der Waals surface area contributed by atoms with Gasteiger partial charge in [0.05, 0.1) is 12.7 Å². The zero-order valence-electron chi connectivity index (χ0n) is 16.9. The van der Waals surface area contributed by atoms with E-state index in [4.69, 9.17) is 9.47 Å². The van der Waals surface area contributed by atoms with Gasteiger partial charge in [-0.2, -0.15) is 4.68 Å². The first-order valence-corrected chi connectivity index (χ1v) is 9.34. The molecule has 0 spiro atoms. The summed E-state index contributed by atoms with van der Waals surface area (Å²) in [5.74, 6) is 0.458. The van der Waals surface area contributed by atoms with Gasteiger partial charge in [-0.3, -0.25) is 4.79 Å². The van der Waals surface area contributed by atoms with Crippen LogP contribution in [-0.4, -0.2) is 63.8 Å². The van der Waals surface area contributed by atoms with Gasteiger partial charge in [-0.1, -0.05) is 17.2 Å². The number of ether oxygens (including phenoxy) is 2. The Morgan fingerprint density at radius 2 is 1.90 bits per heavy atom. The Morgan fingerprint density at radius 1 is 1.21 bits per heavy atom. The second-order valence-electron chi connectivity index (χ2n) is 6.43. The SMILES string of the molecule is CCN(CC)C(=O)COc1ccc([C@@H]2C(C(=O)OC)=C(C)Nc3nnnn32)cc1. The third-order valence-corrected chi connectivity index (χ3v) is 4.79. The largest absolute Gasteiger partial charge is 0.484 e. The van der Waals surface area contributed by atoms with Crippen molar-refractivity contribution in [3.8, 4) is 5.75 Å². The normalized spacial score (nSPS) is 15.4. The highest BCUT2D eigenvalue weighted by atomic mass is 16.5. The van der Waals surface area contributed by atoms with E-state index in [0.717, 1.165) is 5.56 Å². The number of aromatic nitrogens is 4. The highest BCUT2D eigenvalue weighted by Crippen LogP contribution is 2.35. The van der Waals surface area contributed by atoms with Crippen molar-refractivity contribution in [1.29, 1.82) is 0 Å². The van der Waals surface area contributed by atoms with Crippen molar-refractivity contribution in [1.82, 2.24) is 25.1 Å². The van der Waals surface area contributed by atoms with Gasteiger partial charge in [0.15, 0.2) is 6.61 Å². The number of amides is 1. The third-order valence-electron chi connectivity index (χ3n) is 4.79. The molecular formula is C19H24N6O4. The number of benzene rings is 1. The van der Waals surface area contributed by atoms with Crippen molar-refractivity contribution in [2.45, 2.75) is 26.8 Å². The minimum absolute atomic E-state index is 0.0298. The summed E-state index contributed by atoms with van der Waals surface area (Å²) in [6, 6.07) is 6.59. The molecule has 10 nitrogen and oxygen atoms in total. The molecule has 0 saturated carbocycles. The van der Waals surface area contributed by atoms with Gasteiger partial charge in [-0.15, -0.1) is 0 Å². The van der Waals surface area contributed by atoms with E-state index in [0.29, 0.717) is 36.1 Å². The summed E-state index contributed by atoms with van der Waals surface area (Å²) in [6.45, 7) is 6.88. The molecule has 2 heterocycles. The summed E-state index contributed by atoms with van der Waals surface area (Å²) in [5.41, 5.74) is 1.81. The average Bonchev–Trinajstić information content (AvgIpc) is 3.20. The standard InChI is InChI=1S/C19H24N6O4/c1-5-24(6-2)15(26)11-29-14-9-7-13(8-10-14)17-16(18(27)28-4)12(3)20-19-21-22-23-25(17)19/h7-10,17H,5-6,11H2,1-4H3,(H,20,21,23)/t17-/m1/s1. The molecule has 0 saturated heterocycles. The zero-order valence-corrected chi connectivity index (χ0v) is 16.9. The number of carbonyl (C=O) groups is 2. The maximum Gasteiger partial charge on any atom is 0.338 e. The van der Waals surface area contributed by atoms with Gasteiger partial charge in [0.2, 0.25) is 5.95 Å². The number of allylic oxidation sites excluding steroid dienone is 1. The Labute approximate surface area is 168 Å². The number of nitrogens with zero attached hydrogens (tertiary/aromatic N) is 5. The topological polar surface area (TPSA) is 111 Å². The molecule has 1 N–H and O–H groups in total. The molecule has 1 aromatic heterocycles. The van der Waals surface area contributed by atoms with Crippen LogP contribution in [0.3, 0.4) is 0 Å². The molecule has 10 heteroatoms. The number of hydrogen-bond donors (Lipinski definition) is 1. The lowest BCUT2D eigenvalue weighted by Crippen LogP contribution is -2.34. The summed E-state index contributed by atoms with van der Waals surface area (Å²) >= 11 is 0. The van der Waals surface area contributed by atoms with Gasteiger partial charge in [0, 0.05) is 18.8 Å². The van der Waals surface area contributed by atoms with Crippen molar-refractivity contribution < 1.29 is 19.1 Å². The second-order valence-corrected chi connectivity index (χ2v) is 6.43. The first kappa shape index (κ1) is 20.3. The zero-order chi connectivity index (χ0) is 21.0. The molecule has 0 fully saturated rings. The molecule has 0 unspecified atom stereocenters. The maximum absolute atomic E-state index is 12.4. The van der Waals surface area contributed by atoms with E-state index in [1.54, 1.807) is 24.0 Å². The molecule has 1 atom stereocenters. The minimum atomic E-state index is -0.542. The fourth-order valence-electron chi connectivity index (χ4n) is 3.25. The van der Waals surface area contributed by atoms with Gasteiger partial charge in [-0.05, 0) is 48.9 Å². The van der Waals surface area contributed by atoms with Crippen LogP contribution in [0.4, 0.5) is 5.95 Å². The van der Waals surface area contributed by atoms with Crippen molar-refractivity contribution in [2.75, 3.05) is 32.1 Å². The Morgan fingerprint density at radius 3 is 2.52 bits per heavy atom. The minimum Gasteiger partial charge on any atom is -0.484 e. The number of esters is 1. The number of tetrazole rings is 1. The number of hydrogen-bond acceptors (Lipinski definition) is 8. The summed E-state index contributed by atoms with van der Waals surface area (Å²) in [6.07, 6.45) is 0. The molecule has 0 radical (unpaired) electrons. The van der Waals surface area contributed by atoms with Gasteiger partial charge in [0.25, 0.3) is 5.91 Å². The number of anilines is 1. The van der Waals surface area contributed by atoms with Crippen LogP contribution in [0.2, 0.25) is 0 Å². The molecule has 1 amide bonds. The lowest BCUT2D eigenvalue weighted by molar-refractivity contribution is -0.136. The summed E-state index contributed by atoms with van der Waals surface area (Å²) < 4.78 is 12.1. The molecule has 29 heavy (non-hydrogen) atoms. The molecule has 1 aromatic carbocycles. The number of likely N-dealkylation sites (N-methyl/N-ethyl adjacent to an activating group) is 1. The fourth-order valence-corrected chi connectivity index (χ4v) is 3.25. The number of carbonyl (C=O) groups excluding carboxylic acids is 2. The monoisotopic (exact) mass is 400 g/mol. The van der Waals surface area contributed by atoms with E-state index in [-0.39, 0.29) is 12.5 Å². The molecule has 3 rings (SSSR count). The summed E-state index contributed by atoms with van der Waals surface area (Å²) in [4.78, 5) is 26.2. The highest BCUT2D eigenvalue weighted by Gasteiger charge is 2.34. The van der Waals surface area contributed by atoms with Gasteiger partial charge >= 0.3 is 5.97 Å². The van der Waals surface area contributed by atoms with Crippen molar-refractivity contribution in [3.05, 3.63) is 41.1 Å². The van der Waals surface area contributed by atoms with E-state index in [2.05, 4.69) is 20.8 Å². The maximum atomic E-state index is 12.4. The molecule has 1 aliphatic rings. The molecule has 0 bridgehead atoms. The number of fused-ring (bicyclic) bond motifs is 1. The number of methoxy groups -OCH3 is 1. The third kappa shape index (κ3) is 4.05. The van der Waals surface area contributed by atoms with Crippen LogP contribution in [0, 0.1) is 0 Å². The van der Waals surface area contributed by atoms with E-state index < -0.39 is 12.0 Å². The quantitative estimate of drug-likeness (QED) is 0.694. The average molecular weight is 400 g/mol. The second kappa shape index (κ2) is 8.72. The first-order valence-electron chi connectivity index (χ1n) is 9.34. The molecular weight excluding hydrogens is 376 g/mol. The van der Waals surface area contributed by atoms with Crippen molar-refractivity contribution >= 4 is 17.8 Å². The Balaban J connectivity index is 1.83. The van der Waals surface area contributed by atoms with Crippen LogP contribution in [0.25, 0.3) is 0 Å². The number of nitrogens with one attached hydrogen (secondary N) is 1. The summed E-state index contributed by atoms with van der Waals surface area (Å²) in [5, 5.41) is 14.6. The van der Waals surface area contributed by atoms with Gasteiger partial charge in [0.1, 0.15) is 11.8 Å². The van der Waals surface area contributed by atoms with Gasteiger partial charge < -0.3 is 19.7 Å². The lowest BCUT2D eigenvalue weighted by Gasteiger charge is -2.27. The van der Waals surface area contributed by atoms with E-state index in [9.17, 15) is 9.59 Å². The predicted octanol–water partition coefficient (Wildman–Crippen LogP) is 1.38. The smallest absolute Gasteiger partial charge is 0.338 e. The molecule has 0 aliphatic carbocycles. The first-order chi connectivity index (χ1) is 14.0. The van der Waals surface area contributed by atoms with E-state index in [1.807, 2.05) is 26.0 Å². The predicted molar refractivity (Wildman–Crippen MR) is 104 cm³/mol. The van der Waals surface area contributed by atoms with Crippen LogP contribution in [0.15, 0.2) is 35.5 Å². The molecule has 1 aliphatic heterocycles. The Kier molecular flexibility index (Phi) is 6.10.